The van der Waals surface area contributed by atoms with Crippen LogP contribution in [0.25, 0.3) is 0 Å². The van der Waals surface area contributed by atoms with Crippen LogP contribution in [0.3, 0.4) is 0 Å². The maximum atomic E-state index is 5.47. The fourth-order valence-corrected chi connectivity index (χ4v) is 2.91. The molecule has 0 amide bonds. The molecular formula is C21H30IN3O3. The number of benzene rings is 2. The number of methoxy groups -OCH3 is 3. The predicted octanol–water partition coefficient (Wildman–Crippen LogP) is 3.55. The summed E-state index contributed by atoms with van der Waals surface area (Å²) < 4.78 is 16.3. The Morgan fingerprint density at radius 2 is 1.68 bits per heavy atom. The van der Waals surface area contributed by atoms with Crippen molar-refractivity contribution in [3.05, 3.63) is 53.1 Å². The van der Waals surface area contributed by atoms with Crippen molar-refractivity contribution in [2.24, 2.45) is 4.99 Å². The van der Waals surface area contributed by atoms with Gasteiger partial charge < -0.3 is 24.8 Å². The number of hydrogen-bond acceptors (Lipinski definition) is 4. The molecule has 2 N–H and O–H groups in total. The molecule has 0 saturated carbocycles. The van der Waals surface area contributed by atoms with E-state index in [4.69, 9.17) is 14.2 Å². The van der Waals surface area contributed by atoms with Gasteiger partial charge in [-0.25, -0.2) is 0 Å². The summed E-state index contributed by atoms with van der Waals surface area (Å²) in [4.78, 5) is 4.28. The van der Waals surface area contributed by atoms with Crippen LogP contribution in [0.1, 0.15) is 16.7 Å². The first kappa shape index (κ1) is 23.9. The highest BCUT2D eigenvalue weighted by Crippen LogP contribution is 2.30. The topological polar surface area (TPSA) is 64.1 Å². The fourth-order valence-electron chi connectivity index (χ4n) is 2.91. The zero-order valence-corrected chi connectivity index (χ0v) is 19.5. The average molecular weight is 499 g/mol. The van der Waals surface area contributed by atoms with Gasteiger partial charge in [-0.05, 0) is 31.0 Å². The molecule has 2 aromatic carbocycles. The third-order valence-corrected chi connectivity index (χ3v) is 4.28. The second-order valence-electron chi connectivity index (χ2n) is 6.07. The van der Waals surface area contributed by atoms with Crippen molar-refractivity contribution in [3.63, 3.8) is 0 Å². The van der Waals surface area contributed by atoms with Crippen LogP contribution < -0.4 is 24.8 Å². The van der Waals surface area contributed by atoms with E-state index in [0.717, 1.165) is 36.0 Å². The molecule has 0 radical (unpaired) electrons. The van der Waals surface area contributed by atoms with Crippen LogP contribution in [-0.4, -0.2) is 40.9 Å². The van der Waals surface area contributed by atoms with Crippen molar-refractivity contribution in [1.29, 1.82) is 0 Å². The van der Waals surface area contributed by atoms with Gasteiger partial charge >= 0.3 is 0 Å². The zero-order chi connectivity index (χ0) is 19.6. The lowest BCUT2D eigenvalue weighted by Gasteiger charge is -2.16. The van der Waals surface area contributed by atoms with E-state index >= 15 is 0 Å². The molecular weight excluding hydrogens is 469 g/mol. The van der Waals surface area contributed by atoms with Crippen molar-refractivity contribution >= 4 is 29.9 Å². The molecule has 154 valence electrons. The molecule has 0 heterocycles. The minimum absolute atomic E-state index is 0. The Balaban J connectivity index is 0.00000392. The van der Waals surface area contributed by atoms with E-state index in [1.807, 2.05) is 24.3 Å². The second-order valence-corrected chi connectivity index (χ2v) is 6.07. The van der Waals surface area contributed by atoms with E-state index in [9.17, 15) is 0 Å². The predicted molar refractivity (Wildman–Crippen MR) is 125 cm³/mol. The molecule has 0 fully saturated rings. The van der Waals surface area contributed by atoms with Crippen molar-refractivity contribution in [2.45, 2.75) is 19.9 Å². The molecule has 0 aliphatic heterocycles. The average Bonchev–Trinajstić information content (AvgIpc) is 2.70. The summed E-state index contributed by atoms with van der Waals surface area (Å²) in [5.41, 5.74) is 3.40. The van der Waals surface area contributed by atoms with E-state index in [1.54, 1.807) is 28.4 Å². The smallest absolute Gasteiger partial charge is 0.191 e. The van der Waals surface area contributed by atoms with Crippen LogP contribution in [0.5, 0.6) is 17.2 Å². The van der Waals surface area contributed by atoms with Crippen molar-refractivity contribution in [2.75, 3.05) is 34.9 Å². The largest absolute Gasteiger partial charge is 0.496 e. The molecule has 0 unspecified atom stereocenters. The monoisotopic (exact) mass is 499 g/mol. The van der Waals surface area contributed by atoms with Crippen LogP contribution in [0.4, 0.5) is 0 Å². The van der Waals surface area contributed by atoms with Crippen LogP contribution in [-0.2, 0) is 13.0 Å². The summed E-state index contributed by atoms with van der Waals surface area (Å²) in [7, 11) is 6.73. The number of para-hydroxylation sites is 1. The number of guanidine groups is 1. The Labute approximate surface area is 184 Å². The molecule has 0 aliphatic rings. The number of halogens is 1. The molecule has 0 aliphatic carbocycles. The molecule has 0 atom stereocenters. The van der Waals surface area contributed by atoms with E-state index in [1.165, 1.54) is 11.1 Å². The van der Waals surface area contributed by atoms with Gasteiger partial charge in [0.1, 0.15) is 5.75 Å². The lowest BCUT2D eigenvalue weighted by Crippen LogP contribution is -2.38. The van der Waals surface area contributed by atoms with Crippen LogP contribution in [0.2, 0.25) is 0 Å². The molecule has 6 nitrogen and oxygen atoms in total. The molecule has 0 spiro atoms. The molecule has 0 aromatic heterocycles. The van der Waals surface area contributed by atoms with Gasteiger partial charge in [0.25, 0.3) is 0 Å². The first-order valence-electron chi connectivity index (χ1n) is 8.90. The lowest BCUT2D eigenvalue weighted by atomic mass is 10.1. The third kappa shape index (κ3) is 6.47. The number of rotatable bonds is 8. The maximum absolute atomic E-state index is 5.47. The van der Waals surface area contributed by atoms with E-state index in [0.29, 0.717) is 12.3 Å². The lowest BCUT2D eigenvalue weighted by molar-refractivity contribution is 0.351. The summed E-state index contributed by atoms with van der Waals surface area (Å²) in [5, 5.41) is 6.65. The van der Waals surface area contributed by atoms with Gasteiger partial charge in [0.05, 0.1) is 21.3 Å². The van der Waals surface area contributed by atoms with Gasteiger partial charge in [0.15, 0.2) is 17.5 Å². The van der Waals surface area contributed by atoms with Crippen molar-refractivity contribution in [3.8, 4) is 17.2 Å². The van der Waals surface area contributed by atoms with Crippen molar-refractivity contribution < 1.29 is 14.2 Å². The van der Waals surface area contributed by atoms with Crippen LogP contribution in [0, 0.1) is 6.92 Å². The first-order valence-corrected chi connectivity index (χ1v) is 8.90. The normalized spacial score (nSPS) is 10.7. The van der Waals surface area contributed by atoms with Gasteiger partial charge in [-0.2, -0.15) is 0 Å². The van der Waals surface area contributed by atoms with E-state index in [-0.39, 0.29) is 24.0 Å². The van der Waals surface area contributed by atoms with E-state index in [2.05, 4.69) is 34.7 Å². The quantitative estimate of drug-likeness (QED) is 0.331. The molecule has 0 bridgehead atoms. The minimum atomic E-state index is 0. The summed E-state index contributed by atoms with van der Waals surface area (Å²) in [6.07, 6.45) is 0.841. The zero-order valence-electron chi connectivity index (χ0n) is 17.2. The highest BCUT2D eigenvalue weighted by Gasteiger charge is 2.10. The SMILES string of the molecule is CN=C(NCCc1cc(C)ccc1OC)NCc1cccc(OC)c1OC.I. The molecule has 28 heavy (non-hydrogen) atoms. The first-order chi connectivity index (χ1) is 13.1. The summed E-state index contributed by atoms with van der Waals surface area (Å²) in [5.74, 6) is 3.08. The third-order valence-electron chi connectivity index (χ3n) is 4.28. The summed E-state index contributed by atoms with van der Waals surface area (Å²) in [6.45, 7) is 3.40. The highest BCUT2D eigenvalue weighted by molar-refractivity contribution is 14.0. The number of aryl methyl sites for hydroxylation is 1. The standard InChI is InChI=1S/C21H29N3O3.HI/c1-15-9-10-18(25-3)16(13-15)11-12-23-21(22-2)24-14-17-7-6-8-19(26-4)20(17)27-5;/h6-10,13H,11-12,14H2,1-5H3,(H2,22,23,24);1H. The Morgan fingerprint density at radius 1 is 0.929 bits per heavy atom. The Morgan fingerprint density at radius 3 is 2.32 bits per heavy atom. The molecule has 0 saturated heterocycles. The van der Waals surface area contributed by atoms with Crippen LogP contribution >= 0.6 is 24.0 Å². The van der Waals surface area contributed by atoms with Gasteiger partial charge in [-0.3, -0.25) is 4.99 Å². The summed E-state index contributed by atoms with van der Waals surface area (Å²) in [6, 6.07) is 12.0. The van der Waals surface area contributed by atoms with E-state index < -0.39 is 0 Å². The molecule has 2 aromatic rings. The molecule has 2 rings (SSSR count). The molecule has 7 heteroatoms. The maximum Gasteiger partial charge on any atom is 0.191 e. The number of nitrogens with zero attached hydrogens (tertiary/aromatic N) is 1. The number of nitrogens with one attached hydrogen (secondary N) is 2. The van der Waals surface area contributed by atoms with Gasteiger partial charge in [0, 0.05) is 25.7 Å². The number of aliphatic imine (C=N–C) groups is 1. The van der Waals surface area contributed by atoms with Gasteiger partial charge in [0.2, 0.25) is 0 Å². The second kappa shape index (κ2) is 12.3. The number of ether oxygens (including phenoxy) is 3. The number of hydrogen-bond donors (Lipinski definition) is 2. The van der Waals surface area contributed by atoms with Crippen molar-refractivity contribution in [1.82, 2.24) is 10.6 Å². The summed E-state index contributed by atoms with van der Waals surface area (Å²) >= 11 is 0. The highest BCUT2D eigenvalue weighted by atomic mass is 127. The Hall–Kier alpha value is -2.16. The van der Waals surface area contributed by atoms with Gasteiger partial charge in [-0.15, -0.1) is 24.0 Å². The fraction of sp³-hybridized carbons (Fsp3) is 0.381. The Kier molecular flexibility index (Phi) is 10.5. The van der Waals surface area contributed by atoms with Crippen LogP contribution in [0.15, 0.2) is 41.4 Å². The van der Waals surface area contributed by atoms with Gasteiger partial charge in [-0.1, -0.05) is 29.8 Å². The minimum Gasteiger partial charge on any atom is -0.496 e. The Bertz CT molecular complexity index is 781.